The van der Waals surface area contributed by atoms with Gasteiger partial charge in [0.25, 0.3) is 0 Å². The zero-order valence-electron chi connectivity index (χ0n) is 19.2. The average Bonchev–Trinajstić information content (AvgIpc) is 3.25. The van der Waals surface area contributed by atoms with Crippen molar-refractivity contribution in [2.45, 2.75) is 57.4 Å². The molecular weight excluding hydrogens is 570 g/mol. The number of nitrogens with zero attached hydrogens (tertiary/aromatic N) is 4. The largest absolute Gasteiger partial charge is 0.366 e. The third-order valence-electron chi connectivity index (χ3n) is 6.76. The number of benzene rings is 1. The number of hydrogen-bond donors (Lipinski definition) is 1. The van der Waals surface area contributed by atoms with Gasteiger partial charge in [0, 0.05) is 57.7 Å². The fourth-order valence-corrected chi connectivity index (χ4v) is 5.26. The third-order valence-corrected chi connectivity index (χ3v) is 7.32. The quantitative estimate of drug-likeness (QED) is 0.183. The summed E-state index contributed by atoms with van der Waals surface area (Å²) in [6, 6.07) is 17.8. The number of nitrogens with one attached hydrogen (secondary N) is 1. The van der Waals surface area contributed by atoms with Crippen LogP contribution in [-0.4, -0.2) is 19.6 Å². The van der Waals surface area contributed by atoms with Crippen molar-refractivity contribution in [3.63, 3.8) is 0 Å². The van der Waals surface area contributed by atoms with Crippen molar-refractivity contribution in [3.8, 4) is 0 Å². The summed E-state index contributed by atoms with van der Waals surface area (Å²) in [5.74, 6) is 2.32. The van der Waals surface area contributed by atoms with Gasteiger partial charge < -0.3 is 5.32 Å². The van der Waals surface area contributed by atoms with Crippen molar-refractivity contribution in [1.82, 2.24) is 19.6 Å². The Morgan fingerprint density at radius 1 is 1.09 bits per heavy atom. The van der Waals surface area contributed by atoms with E-state index >= 15 is 0 Å². The summed E-state index contributed by atoms with van der Waals surface area (Å²) in [5.41, 5.74) is 4.60. The van der Waals surface area contributed by atoms with E-state index in [1.807, 2.05) is 29.0 Å². The third kappa shape index (κ3) is 6.14. The van der Waals surface area contributed by atoms with Gasteiger partial charge >= 0.3 is 0 Å². The van der Waals surface area contributed by atoms with Gasteiger partial charge in [-0.2, -0.15) is 45.5 Å². The van der Waals surface area contributed by atoms with Crippen molar-refractivity contribution >= 4 is 27.4 Å². The summed E-state index contributed by atoms with van der Waals surface area (Å²) in [7, 11) is 0. The van der Waals surface area contributed by atoms with Gasteiger partial charge in [-0.3, -0.25) is 4.98 Å². The molecule has 0 atom stereocenters. The second-order valence-electron chi connectivity index (χ2n) is 9.03. The van der Waals surface area contributed by atoms with Crippen LogP contribution in [0.3, 0.4) is 0 Å². The minimum absolute atomic E-state index is 0. The maximum absolute atomic E-state index is 5.00. The minimum Gasteiger partial charge on any atom is -0.366 e. The molecule has 0 spiro atoms. The van der Waals surface area contributed by atoms with Gasteiger partial charge in [-0.1, -0.05) is 25.3 Å². The molecule has 5 rings (SSSR count). The summed E-state index contributed by atoms with van der Waals surface area (Å²) < 4.78 is 2.82. The maximum Gasteiger partial charge on any atom is 0.171 e. The molecule has 176 valence electrons. The standard InChI is InChI=1S/C27H29BrN5.Mo/c28-24-19-31-33-26(30-18-22-10-5-15-29-17-22)16-25(32-27(24)33)23-13-11-21(12-14-23)9-4-8-20-6-2-1-3-7-20;/h1-2,5-7,10,15-17,19,21,23,30H,4,8-9,11-14,18H2;/q-1;. The zero-order valence-corrected chi connectivity index (χ0v) is 22.8. The molecule has 1 fully saturated rings. The van der Waals surface area contributed by atoms with Crippen LogP contribution in [0.15, 0.2) is 65.5 Å². The average molecular weight is 599 g/mol. The predicted octanol–water partition coefficient (Wildman–Crippen LogP) is 6.59. The number of halogens is 1. The predicted molar refractivity (Wildman–Crippen MR) is 135 cm³/mol. The molecule has 0 saturated heterocycles. The molecule has 5 nitrogen and oxygen atoms in total. The molecule has 0 unspecified atom stereocenters. The van der Waals surface area contributed by atoms with Gasteiger partial charge in [0.1, 0.15) is 5.82 Å². The SMILES string of the molecule is Brc1cnn2c(NCc3cccnc3)cc(C3CCC(CCCc4c[c-]ccc4)CC3)nc12.[Mo]. The molecule has 3 heterocycles. The monoisotopic (exact) mass is 600 g/mol. The molecule has 0 radical (unpaired) electrons. The zero-order chi connectivity index (χ0) is 22.5. The molecule has 0 amide bonds. The van der Waals surface area contributed by atoms with Gasteiger partial charge in [-0.05, 0) is 59.2 Å². The molecule has 7 heteroatoms. The molecule has 0 bridgehead atoms. The van der Waals surface area contributed by atoms with Gasteiger partial charge in [0.05, 0.1) is 10.7 Å². The molecule has 3 aromatic heterocycles. The van der Waals surface area contributed by atoms with E-state index in [2.05, 4.69) is 67.7 Å². The molecule has 1 aliphatic carbocycles. The van der Waals surface area contributed by atoms with Crippen LogP contribution in [0, 0.1) is 12.0 Å². The number of anilines is 1. The van der Waals surface area contributed by atoms with Crippen molar-refractivity contribution in [3.05, 3.63) is 88.4 Å². The Balaban J connectivity index is 0.00000274. The molecule has 1 aliphatic rings. The van der Waals surface area contributed by atoms with Gasteiger partial charge in [0.15, 0.2) is 5.65 Å². The number of pyridine rings is 1. The molecule has 0 aliphatic heterocycles. The van der Waals surface area contributed by atoms with E-state index in [4.69, 9.17) is 4.98 Å². The number of rotatable bonds is 8. The van der Waals surface area contributed by atoms with Crippen LogP contribution in [0.2, 0.25) is 0 Å². The number of fused-ring (bicyclic) bond motifs is 1. The summed E-state index contributed by atoms with van der Waals surface area (Å²) in [5, 5.41) is 8.06. The van der Waals surface area contributed by atoms with E-state index in [1.165, 1.54) is 49.8 Å². The molecular formula is C27H29BrMoN5-. The first-order chi connectivity index (χ1) is 16.3. The van der Waals surface area contributed by atoms with E-state index in [9.17, 15) is 0 Å². The van der Waals surface area contributed by atoms with Crippen LogP contribution in [0.25, 0.3) is 5.65 Å². The Bertz CT molecular complexity index is 1170. The second kappa shape index (κ2) is 12.1. The normalized spacial score (nSPS) is 17.9. The van der Waals surface area contributed by atoms with Crippen molar-refractivity contribution in [2.24, 2.45) is 5.92 Å². The molecule has 1 aromatic carbocycles. The first kappa shape index (κ1) is 25.1. The van der Waals surface area contributed by atoms with Crippen molar-refractivity contribution in [1.29, 1.82) is 0 Å². The fraction of sp³-hybridized carbons (Fsp3) is 0.370. The van der Waals surface area contributed by atoms with Crippen LogP contribution in [-0.2, 0) is 34.0 Å². The fourth-order valence-electron chi connectivity index (χ4n) is 4.91. The Morgan fingerprint density at radius 2 is 1.94 bits per heavy atom. The van der Waals surface area contributed by atoms with Gasteiger partial charge in [0.2, 0.25) is 0 Å². The van der Waals surface area contributed by atoms with Crippen LogP contribution in [0.4, 0.5) is 5.82 Å². The first-order valence-corrected chi connectivity index (χ1v) is 12.7. The summed E-state index contributed by atoms with van der Waals surface area (Å²) >= 11 is 3.63. The van der Waals surface area contributed by atoms with E-state index < -0.39 is 0 Å². The minimum atomic E-state index is 0. The molecule has 4 aromatic rings. The number of hydrogen-bond acceptors (Lipinski definition) is 4. The van der Waals surface area contributed by atoms with E-state index in [0.29, 0.717) is 12.5 Å². The molecule has 1 N–H and O–H groups in total. The summed E-state index contributed by atoms with van der Waals surface area (Å²) in [4.78, 5) is 9.21. The Morgan fingerprint density at radius 3 is 2.71 bits per heavy atom. The van der Waals surface area contributed by atoms with Gasteiger partial charge in [-0.25, -0.2) is 4.98 Å². The van der Waals surface area contributed by atoms with Crippen molar-refractivity contribution in [2.75, 3.05) is 5.32 Å². The Kier molecular flexibility index (Phi) is 8.91. The molecule has 34 heavy (non-hydrogen) atoms. The first-order valence-electron chi connectivity index (χ1n) is 11.9. The summed E-state index contributed by atoms with van der Waals surface area (Å²) in [6.07, 6.45) is 14.3. The van der Waals surface area contributed by atoms with E-state index in [0.717, 1.165) is 33.8 Å². The molecule has 1 saturated carbocycles. The van der Waals surface area contributed by atoms with Crippen LogP contribution in [0.1, 0.15) is 61.3 Å². The maximum atomic E-state index is 5.00. The number of aromatic nitrogens is 4. The van der Waals surface area contributed by atoms with Gasteiger partial charge in [-0.15, -0.1) is 0 Å². The second-order valence-corrected chi connectivity index (χ2v) is 9.88. The van der Waals surface area contributed by atoms with E-state index in [1.54, 1.807) is 6.20 Å². The topological polar surface area (TPSA) is 55.1 Å². The van der Waals surface area contributed by atoms with Crippen LogP contribution >= 0.6 is 15.9 Å². The summed E-state index contributed by atoms with van der Waals surface area (Å²) in [6.45, 7) is 0.704. The van der Waals surface area contributed by atoms with Crippen LogP contribution in [0.5, 0.6) is 0 Å². The Hall–Kier alpha value is -2.04. The Labute approximate surface area is 224 Å². The number of aryl methyl sites for hydroxylation is 1. The van der Waals surface area contributed by atoms with Crippen molar-refractivity contribution < 1.29 is 21.1 Å². The van der Waals surface area contributed by atoms with Crippen LogP contribution < -0.4 is 5.32 Å². The smallest absolute Gasteiger partial charge is 0.171 e. The van der Waals surface area contributed by atoms with E-state index in [-0.39, 0.29) is 21.1 Å².